The first-order valence-electron chi connectivity index (χ1n) is 4.73. The van der Waals surface area contributed by atoms with Crippen molar-refractivity contribution in [3.05, 3.63) is 47.7 Å². The Labute approximate surface area is 93.8 Å². The predicted octanol–water partition coefficient (Wildman–Crippen LogP) is 1.64. The van der Waals surface area contributed by atoms with Crippen LogP contribution in [0.4, 0.5) is 0 Å². The molecule has 0 fully saturated rings. The summed E-state index contributed by atoms with van der Waals surface area (Å²) in [4.78, 5) is 24.1. The monoisotopic (exact) mass is 219 g/mol. The van der Waals surface area contributed by atoms with E-state index in [-0.39, 0.29) is 11.3 Å². The summed E-state index contributed by atoms with van der Waals surface area (Å²) in [6, 6.07) is 5.97. The van der Waals surface area contributed by atoms with Crippen LogP contribution in [0.15, 0.2) is 36.5 Å². The van der Waals surface area contributed by atoms with Crippen LogP contribution in [0.1, 0.15) is 20.7 Å². The average molecular weight is 219 g/mol. The van der Waals surface area contributed by atoms with Crippen molar-refractivity contribution in [2.75, 3.05) is 14.1 Å². The molecule has 0 heterocycles. The van der Waals surface area contributed by atoms with E-state index in [2.05, 4.69) is 0 Å². The van der Waals surface area contributed by atoms with Crippen molar-refractivity contribution >= 4 is 11.8 Å². The Balaban J connectivity index is 2.92. The van der Waals surface area contributed by atoms with Gasteiger partial charge in [0.05, 0.1) is 5.56 Å². The van der Waals surface area contributed by atoms with Gasteiger partial charge in [0.2, 0.25) is 0 Å². The van der Waals surface area contributed by atoms with Gasteiger partial charge in [-0.1, -0.05) is 12.1 Å². The third-order valence-electron chi connectivity index (χ3n) is 1.92. The van der Waals surface area contributed by atoms with E-state index in [1.165, 1.54) is 18.2 Å². The number of nitrogens with zero attached hydrogens (tertiary/aromatic N) is 1. The summed E-state index contributed by atoms with van der Waals surface area (Å²) < 4.78 is 0. The molecule has 0 saturated carbocycles. The topological polar surface area (TPSA) is 57.6 Å². The van der Waals surface area contributed by atoms with E-state index in [1.54, 1.807) is 37.3 Å². The molecule has 16 heavy (non-hydrogen) atoms. The van der Waals surface area contributed by atoms with E-state index in [0.717, 1.165) is 0 Å². The smallest absolute Gasteiger partial charge is 0.335 e. The number of hydrogen-bond acceptors (Lipinski definition) is 3. The summed E-state index contributed by atoms with van der Waals surface area (Å²) in [7, 11) is 3.61. The molecule has 4 nitrogen and oxygen atoms in total. The Hall–Kier alpha value is -2.10. The zero-order valence-electron chi connectivity index (χ0n) is 9.18. The normalized spacial score (nSPS) is 10.4. The Bertz CT molecular complexity index is 436. The molecule has 0 saturated heterocycles. The maximum atomic E-state index is 11.6. The first-order chi connectivity index (χ1) is 7.50. The van der Waals surface area contributed by atoms with Crippen molar-refractivity contribution in [1.82, 2.24) is 4.90 Å². The molecule has 1 aromatic carbocycles. The minimum absolute atomic E-state index is 0.115. The van der Waals surface area contributed by atoms with Crippen molar-refractivity contribution in [3.63, 3.8) is 0 Å². The van der Waals surface area contributed by atoms with Gasteiger partial charge in [0, 0.05) is 31.9 Å². The lowest BCUT2D eigenvalue weighted by atomic mass is 10.1. The van der Waals surface area contributed by atoms with Gasteiger partial charge in [0.1, 0.15) is 0 Å². The number of rotatable bonds is 4. The fourth-order valence-electron chi connectivity index (χ4n) is 1.12. The summed E-state index contributed by atoms with van der Waals surface area (Å²) in [6.45, 7) is 0. The highest BCUT2D eigenvalue weighted by atomic mass is 16.4. The van der Waals surface area contributed by atoms with Crippen LogP contribution in [-0.4, -0.2) is 35.9 Å². The number of benzene rings is 1. The number of hydrogen-bond donors (Lipinski definition) is 1. The van der Waals surface area contributed by atoms with Gasteiger partial charge in [-0.2, -0.15) is 0 Å². The molecule has 0 bridgehead atoms. The van der Waals surface area contributed by atoms with Crippen molar-refractivity contribution in [3.8, 4) is 0 Å². The summed E-state index contributed by atoms with van der Waals surface area (Å²) in [5.74, 6) is -1.25. The molecular weight excluding hydrogens is 206 g/mol. The van der Waals surface area contributed by atoms with Crippen LogP contribution in [0, 0.1) is 0 Å². The molecule has 0 unspecified atom stereocenters. The van der Waals surface area contributed by atoms with E-state index in [4.69, 9.17) is 5.11 Å². The second kappa shape index (κ2) is 5.11. The molecule has 0 radical (unpaired) electrons. The Kier molecular flexibility index (Phi) is 3.83. The third kappa shape index (κ3) is 3.24. The highest BCUT2D eigenvalue weighted by molar-refractivity contribution is 6.05. The van der Waals surface area contributed by atoms with Crippen LogP contribution < -0.4 is 0 Å². The lowest BCUT2D eigenvalue weighted by Crippen LogP contribution is -2.04. The maximum Gasteiger partial charge on any atom is 0.335 e. The molecule has 0 amide bonds. The van der Waals surface area contributed by atoms with Gasteiger partial charge in [-0.15, -0.1) is 0 Å². The van der Waals surface area contributed by atoms with Gasteiger partial charge in [0.15, 0.2) is 5.78 Å². The van der Waals surface area contributed by atoms with E-state index >= 15 is 0 Å². The van der Waals surface area contributed by atoms with Gasteiger partial charge in [-0.05, 0) is 12.1 Å². The largest absolute Gasteiger partial charge is 0.478 e. The third-order valence-corrected chi connectivity index (χ3v) is 1.92. The molecule has 1 rings (SSSR count). The quantitative estimate of drug-likeness (QED) is 0.617. The van der Waals surface area contributed by atoms with Crippen molar-refractivity contribution in [2.24, 2.45) is 0 Å². The number of carboxylic acids is 1. The second-order valence-corrected chi connectivity index (χ2v) is 3.53. The molecule has 0 aromatic heterocycles. The molecule has 1 N–H and O–H groups in total. The number of carbonyl (C=O) groups excluding carboxylic acids is 1. The fraction of sp³-hybridized carbons (Fsp3) is 0.167. The first-order valence-corrected chi connectivity index (χ1v) is 4.73. The molecular formula is C12H13NO3. The average Bonchev–Trinajstić information content (AvgIpc) is 2.26. The standard InChI is InChI=1S/C12H13NO3/c1-13(2)7-6-11(14)9-4-3-5-10(8-9)12(15)16/h3-8H,1-2H3,(H,15,16). The maximum absolute atomic E-state index is 11.6. The zero-order chi connectivity index (χ0) is 12.1. The summed E-state index contributed by atoms with van der Waals surface area (Å²) in [5, 5.41) is 8.77. The van der Waals surface area contributed by atoms with Gasteiger partial charge < -0.3 is 10.0 Å². The van der Waals surface area contributed by atoms with Crippen molar-refractivity contribution in [2.45, 2.75) is 0 Å². The highest BCUT2D eigenvalue weighted by Crippen LogP contribution is 2.06. The summed E-state index contributed by atoms with van der Waals surface area (Å²) in [6.07, 6.45) is 3.02. The molecule has 0 aliphatic carbocycles. The van der Waals surface area contributed by atoms with Crippen LogP contribution in [0.25, 0.3) is 0 Å². The molecule has 0 atom stereocenters. The van der Waals surface area contributed by atoms with E-state index in [1.807, 2.05) is 0 Å². The van der Waals surface area contributed by atoms with Gasteiger partial charge >= 0.3 is 5.97 Å². The van der Waals surface area contributed by atoms with Crippen LogP contribution in [0.5, 0.6) is 0 Å². The van der Waals surface area contributed by atoms with Crippen molar-refractivity contribution < 1.29 is 14.7 Å². The minimum atomic E-state index is -1.04. The van der Waals surface area contributed by atoms with Crippen LogP contribution in [-0.2, 0) is 0 Å². The lowest BCUT2D eigenvalue weighted by Gasteiger charge is -2.03. The molecule has 1 aromatic rings. The van der Waals surface area contributed by atoms with Gasteiger partial charge in [-0.3, -0.25) is 4.79 Å². The second-order valence-electron chi connectivity index (χ2n) is 3.53. The number of carboxylic acid groups (broad SMARTS) is 1. The summed E-state index contributed by atoms with van der Waals surface area (Å²) in [5.41, 5.74) is 0.488. The fourth-order valence-corrected chi connectivity index (χ4v) is 1.12. The number of aromatic carboxylic acids is 1. The number of ketones is 1. The first kappa shape index (κ1) is 12.0. The molecule has 84 valence electrons. The van der Waals surface area contributed by atoms with Gasteiger partial charge in [-0.25, -0.2) is 4.79 Å². The lowest BCUT2D eigenvalue weighted by molar-refractivity contribution is 0.0697. The Morgan fingerprint density at radius 1 is 1.25 bits per heavy atom. The molecule has 0 aliphatic rings. The Morgan fingerprint density at radius 2 is 1.88 bits per heavy atom. The van der Waals surface area contributed by atoms with Gasteiger partial charge in [0.25, 0.3) is 0 Å². The van der Waals surface area contributed by atoms with E-state index in [0.29, 0.717) is 5.56 Å². The summed E-state index contributed by atoms with van der Waals surface area (Å²) >= 11 is 0. The van der Waals surface area contributed by atoms with Crippen LogP contribution >= 0.6 is 0 Å². The van der Waals surface area contributed by atoms with E-state index in [9.17, 15) is 9.59 Å². The highest BCUT2D eigenvalue weighted by Gasteiger charge is 2.06. The van der Waals surface area contributed by atoms with Crippen LogP contribution in [0.2, 0.25) is 0 Å². The Morgan fingerprint density at radius 3 is 2.44 bits per heavy atom. The SMILES string of the molecule is CN(C)C=CC(=O)c1cccc(C(=O)O)c1. The van der Waals surface area contributed by atoms with Crippen molar-refractivity contribution in [1.29, 1.82) is 0 Å². The minimum Gasteiger partial charge on any atom is -0.478 e. The number of allylic oxidation sites excluding steroid dienone is 1. The number of carbonyl (C=O) groups is 2. The van der Waals surface area contributed by atoms with E-state index < -0.39 is 5.97 Å². The molecule has 0 spiro atoms. The molecule has 4 heteroatoms. The zero-order valence-corrected chi connectivity index (χ0v) is 9.18. The molecule has 0 aliphatic heterocycles. The van der Waals surface area contributed by atoms with Crippen LogP contribution in [0.3, 0.4) is 0 Å². The predicted molar refractivity (Wildman–Crippen MR) is 60.6 cm³/mol.